The molecule has 2 rings (SSSR count). The van der Waals surface area contributed by atoms with Crippen LogP contribution in [0.1, 0.15) is 11.5 Å². The Kier molecular flexibility index (Phi) is 2.91. The summed E-state index contributed by atoms with van der Waals surface area (Å²) in [6, 6.07) is 5.80. The Morgan fingerprint density at radius 2 is 2.29 bits per heavy atom. The predicted molar refractivity (Wildman–Crippen MR) is 58.0 cm³/mol. The van der Waals surface area contributed by atoms with Gasteiger partial charge in [0.25, 0.3) is 0 Å². The van der Waals surface area contributed by atoms with Crippen molar-refractivity contribution in [3.63, 3.8) is 0 Å². The summed E-state index contributed by atoms with van der Waals surface area (Å²) >= 11 is 0. The summed E-state index contributed by atoms with van der Waals surface area (Å²) in [6.07, 6.45) is -0.228. The van der Waals surface area contributed by atoms with Gasteiger partial charge in [0, 0.05) is 5.56 Å². The second-order valence-electron chi connectivity index (χ2n) is 3.61. The Morgan fingerprint density at radius 3 is 2.94 bits per heavy atom. The SMILES string of the molecule is Cc1nc(-c2cccc(F)c2)oc1CC(=O)O. The van der Waals surface area contributed by atoms with Crippen LogP contribution >= 0.6 is 0 Å². The molecule has 1 aromatic heterocycles. The van der Waals surface area contributed by atoms with E-state index in [2.05, 4.69) is 4.98 Å². The van der Waals surface area contributed by atoms with Gasteiger partial charge in [0.1, 0.15) is 18.0 Å². The number of carboxylic acid groups (broad SMARTS) is 1. The third kappa shape index (κ3) is 2.50. The molecule has 0 bridgehead atoms. The molecule has 1 aromatic carbocycles. The lowest BCUT2D eigenvalue weighted by Gasteiger charge is -1.94. The van der Waals surface area contributed by atoms with Crippen molar-refractivity contribution < 1.29 is 18.7 Å². The fraction of sp³-hybridized carbons (Fsp3) is 0.167. The largest absolute Gasteiger partial charge is 0.481 e. The van der Waals surface area contributed by atoms with E-state index in [1.54, 1.807) is 19.1 Å². The number of hydrogen-bond donors (Lipinski definition) is 1. The van der Waals surface area contributed by atoms with Crippen LogP contribution in [-0.4, -0.2) is 16.1 Å². The molecular formula is C12H10FNO3. The van der Waals surface area contributed by atoms with Crippen LogP contribution in [0.5, 0.6) is 0 Å². The molecule has 0 saturated carbocycles. The van der Waals surface area contributed by atoms with Gasteiger partial charge in [0.05, 0.1) is 5.69 Å². The number of aliphatic carboxylic acids is 1. The molecule has 0 spiro atoms. The quantitative estimate of drug-likeness (QED) is 0.887. The number of aromatic nitrogens is 1. The van der Waals surface area contributed by atoms with Gasteiger partial charge in [0.2, 0.25) is 5.89 Å². The van der Waals surface area contributed by atoms with E-state index in [0.717, 1.165) is 0 Å². The Hall–Kier alpha value is -2.17. The van der Waals surface area contributed by atoms with Crippen LogP contribution in [0.3, 0.4) is 0 Å². The number of aryl methyl sites for hydroxylation is 1. The normalized spacial score (nSPS) is 10.5. The van der Waals surface area contributed by atoms with Gasteiger partial charge in [-0.25, -0.2) is 9.37 Å². The zero-order valence-corrected chi connectivity index (χ0v) is 9.11. The molecule has 0 amide bonds. The minimum absolute atomic E-state index is 0.228. The van der Waals surface area contributed by atoms with Crippen molar-refractivity contribution in [2.24, 2.45) is 0 Å². The van der Waals surface area contributed by atoms with E-state index in [0.29, 0.717) is 11.3 Å². The fourth-order valence-corrected chi connectivity index (χ4v) is 1.47. The van der Waals surface area contributed by atoms with E-state index in [9.17, 15) is 9.18 Å². The second kappa shape index (κ2) is 4.37. The Labute approximate surface area is 96.7 Å². The van der Waals surface area contributed by atoms with Gasteiger partial charge in [-0.1, -0.05) is 6.07 Å². The van der Waals surface area contributed by atoms with Crippen molar-refractivity contribution in [3.8, 4) is 11.5 Å². The summed E-state index contributed by atoms with van der Waals surface area (Å²) in [6.45, 7) is 1.66. The van der Waals surface area contributed by atoms with Gasteiger partial charge in [-0.05, 0) is 25.1 Å². The molecule has 0 aliphatic rings. The average Bonchev–Trinajstić information content (AvgIpc) is 2.59. The van der Waals surface area contributed by atoms with E-state index in [1.165, 1.54) is 12.1 Å². The maximum atomic E-state index is 13.0. The lowest BCUT2D eigenvalue weighted by Crippen LogP contribution is -1.99. The summed E-state index contributed by atoms with van der Waals surface area (Å²) in [5, 5.41) is 8.67. The molecule has 0 fully saturated rings. The van der Waals surface area contributed by atoms with Crippen LogP contribution in [0, 0.1) is 12.7 Å². The highest BCUT2D eigenvalue weighted by Crippen LogP contribution is 2.22. The van der Waals surface area contributed by atoms with Crippen molar-refractivity contribution in [1.29, 1.82) is 0 Å². The van der Waals surface area contributed by atoms with Crippen LogP contribution in [0.4, 0.5) is 4.39 Å². The van der Waals surface area contributed by atoms with Gasteiger partial charge >= 0.3 is 5.97 Å². The summed E-state index contributed by atoms with van der Waals surface area (Å²) in [5.74, 6) is -0.858. The number of benzene rings is 1. The molecule has 0 atom stereocenters. The predicted octanol–water partition coefficient (Wildman–Crippen LogP) is 2.42. The molecule has 0 aliphatic carbocycles. The highest BCUT2D eigenvalue weighted by Gasteiger charge is 2.14. The third-order valence-corrected chi connectivity index (χ3v) is 2.28. The molecule has 0 saturated heterocycles. The van der Waals surface area contributed by atoms with E-state index in [1.807, 2.05) is 0 Å². The first-order chi connectivity index (χ1) is 8.06. The number of carbonyl (C=O) groups is 1. The van der Waals surface area contributed by atoms with Crippen molar-refractivity contribution in [2.45, 2.75) is 13.3 Å². The maximum absolute atomic E-state index is 13.0. The molecule has 0 aliphatic heterocycles. The Morgan fingerprint density at radius 1 is 1.53 bits per heavy atom. The van der Waals surface area contributed by atoms with E-state index in [-0.39, 0.29) is 18.1 Å². The highest BCUT2D eigenvalue weighted by molar-refractivity contribution is 5.70. The van der Waals surface area contributed by atoms with Gasteiger partial charge in [-0.2, -0.15) is 0 Å². The monoisotopic (exact) mass is 235 g/mol. The molecule has 0 unspecified atom stereocenters. The Balaban J connectivity index is 2.37. The number of rotatable bonds is 3. The van der Waals surface area contributed by atoms with Crippen molar-refractivity contribution >= 4 is 5.97 Å². The lowest BCUT2D eigenvalue weighted by atomic mass is 10.2. The second-order valence-corrected chi connectivity index (χ2v) is 3.61. The van der Waals surface area contributed by atoms with Gasteiger partial charge < -0.3 is 9.52 Å². The number of oxazole rings is 1. The van der Waals surface area contributed by atoms with Crippen molar-refractivity contribution in [1.82, 2.24) is 4.98 Å². The summed E-state index contributed by atoms with van der Waals surface area (Å²) in [4.78, 5) is 14.7. The zero-order valence-electron chi connectivity index (χ0n) is 9.11. The summed E-state index contributed by atoms with van der Waals surface area (Å²) in [7, 11) is 0. The number of hydrogen-bond acceptors (Lipinski definition) is 3. The fourth-order valence-electron chi connectivity index (χ4n) is 1.47. The molecule has 2 aromatic rings. The van der Waals surface area contributed by atoms with Crippen molar-refractivity contribution in [2.75, 3.05) is 0 Å². The minimum atomic E-state index is -0.991. The van der Waals surface area contributed by atoms with Crippen LogP contribution in [-0.2, 0) is 11.2 Å². The lowest BCUT2D eigenvalue weighted by molar-refractivity contribution is -0.136. The number of carboxylic acids is 1. The molecule has 1 N–H and O–H groups in total. The van der Waals surface area contributed by atoms with Crippen LogP contribution in [0.15, 0.2) is 28.7 Å². The van der Waals surface area contributed by atoms with E-state index in [4.69, 9.17) is 9.52 Å². The van der Waals surface area contributed by atoms with Gasteiger partial charge in [0.15, 0.2) is 0 Å². The molecule has 17 heavy (non-hydrogen) atoms. The van der Waals surface area contributed by atoms with E-state index < -0.39 is 11.8 Å². The zero-order chi connectivity index (χ0) is 12.4. The van der Waals surface area contributed by atoms with Crippen LogP contribution in [0.2, 0.25) is 0 Å². The first-order valence-corrected chi connectivity index (χ1v) is 5.00. The maximum Gasteiger partial charge on any atom is 0.311 e. The first kappa shape index (κ1) is 11.3. The van der Waals surface area contributed by atoms with Crippen LogP contribution < -0.4 is 0 Å². The van der Waals surface area contributed by atoms with Crippen LogP contribution in [0.25, 0.3) is 11.5 Å². The van der Waals surface area contributed by atoms with Crippen molar-refractivity contribution in [3.05, 3.63) is 41.5 Å². The number of nitrogens with zero attached hydrogens (tertiary/aromatic N) is 1. The molecule has 4 nitrogen and oxygen atoms in total. The average molecular weight is 235 g/mol. The topological polar surface area (TPSA) is 63.3 Å². The molecule has 5 heteroatoms. The number of halogens is 1. The molecule has 88 valence electrons. The summed E-state index contributed by atoms with van der Waals surface area (Å²) in [5.41, 5.74) is 0.997. The minimum Gasteiger partial charge on any atom is -0.481 e. The van der Waals surface area contributed by atoms with Gasteiger partial charge in [-0.15, -0.1) is 0 Å². The standard InChI is InChI=1S/C12H10FNO3/c1-7-10(6-11(15)16)17-12(14-7)8-3-2-4-9(13)5-8/h2-5H,6H2,1H3,(H,15,16). The molecular weight excluding hydrogens is 225 g/mol. The highest BCUT2D eigenvalue weighted by atomic mass is 19.1. The van der Waals surface area contributed by atoms with E-state index >= 15 is 0 Å². The third-order valence-electron chi connectivity index (χ3n) is 2.28. The first-order valence-electron chi connectivity index (χ1n) is 5.00. The van der Waals surface area contributed by atoms with Gasteiger partial charge in [-0.3, -0.25) is 4.79 Å². The molecule has 0 radical (unpaired) electrons. The molecule has 1 heterocycles. The summed E-state index contributed by atoms with van der Waals surface area (Å²) < 4.78 is 18.3. The Bertz CT molecular complexity index is 563. The smallest absolute Gasteiger partial charge is 0.311 e.